The predicted octanol–water partition coefficient (Wildman–Crippen LogP) is 3.01. The van der Waals surface area contributed by atoms with Crippen molar-refractivity contribution in [3.63, 3.8) is 0 Å². The molecule has 0 atom stereocenters. The van der Waals surface area contributed by atoms with Crippen LogP contribution in [0, 0.1) is 5.82 Å². The first kappa shape index (κ1) is 19.2. The van der Waals surface area contributed by atoms with E-state index in [1.54, 1.807) is 30.3 Å². The third-order valence-electron chi connectivity index (χ3n) is 3.61. The molecule has 0 radical (unpaired) electrons. The van der Waals surface area contributed by atoms with Gasteiger partial charge in [0.25, 0.3) is 5.91 Å². The van der Waals surface area contributed by atoms with Crippen molar-refractivity contribution in [3.05, 3.63) is 59.4 Å². The number of carbonyl (C=O) groups excluding carboxylic acids is 1. The summed E-state index contributed by atoms with van der Waals surface area (Å²) in [6, 6.07) is 11.4. The van der Waals surface area contributed by atoms with Gasteiger partial charge in [-0.1, -0.05) is 18.2 Å². The Morgan fingerprint density at radius 2 is 1.88 bits per heavy atom. The molecule has 2 aromatic rings. The van der Waals surface area contributed by atoms with E-state index in [0.717, 1.165) is 5.56 Å². The van der Waals surface area contributed by atoms with Crippen LogP contribution in [0.15, 0.2) is 42.5 Å². The average Bonchev–Trinajstić information content (AvgIpc) is 2.64. The van der Waals surface area contributed by atoms with Gasteiger partial charge >= 0.3 is 5.97 Å². The third-order valence-corrected chi connectivity index (χ3v) is 3.61. The first-order valence-electron chi connectivity index (χ1n) is 8.05. The lowest BCUT2D eigenvalue weighted by Gasteiger charge is -2.09. The first-order chi connectivity index (χ1) is 12.5. The summed E-state index contributed by atoms with van der Waals surface area (Å²) >= 11 is 0. The van der Waals surface area contributed by atoms with Crippen LogP contribution in [0.4, 0.5) is 4.39 Å². The van der Waals surface area contributed by atoms with Crippen molar-refractivity contribution in [1.82, 2.24) is 5.32 Å². The van der Waals surface area contributed by atoms with E-state index in [1.807, 2.05) is 0 Å². The third kappa shape index (κ3) is 5.47. The fourth-order valence-electron chi connectivity index (χ4n) is 2.24. The highest BCUT2D eigenvalue weighted by Crippen LogP contribution is 2.20. The highest BCUT2D eigenvalue weighted by Gasteiger charge is 2.15. The van der Waals surface area contributed by atoms with Crippen molar-refractivity contribution in [2.75, 3.05) is 13.7 Å². The molecule has 0 heterocycles. The Kier molecular flexibility index (Phi) is 6.96. The normalized spacial score (nSPS) is 10.2. The average molecular weight is 361 g/mol. The van der Waals surface area contributed by atoms with Gasteiger partial charge in [-0.3, -0.25) is 9.59 Å². The lowest BCUT2D eigenvalue weighted by molar-refractivity contribution is -0.137. The van der Waals surface area contributed by atoms with Crippen LogP contribution in [0.2, 0.25) is 0 Å². The van der Waals surface area contributed by atoms with Crippen molar-refractivity contribution in [3.8, 4) is 11.5 Å². The number of carbonyl (C=O) groups is 2. The summed E-state index contributed by atoms with van der Waals surface area (Å²) in [6.45, 7) is 0.548. The SMILES string of the molecule is COc1cccc(C(=O)NCc2ccc(OCCCC(=O)O)cc2)c1F. The van der Waals surface area contributed by atoms with Crippen molar-refractivity contribution in [1.29, 1.82) is 0 Å². The van der Waals surface area contributed by atoms with Gasteiger partial charge in [0.2, 0.25) is 0 Å². The minimum Gasteiger partial charge on any atom is -0.494 e. The molecule has 0 saturated carbocycles. The number of carboxylic acid groups (broad SMARTS) is 1. The summed E-state index contributed by atoms with van der Waals surface area (Å²) in [4.78, 5) is 22.5. The van der Waals surface area contributed by atoms with E-state index in [2.05, 4.69) is 5.32 Å². The maximum absolute atomic E-state index is 14.1. The van der Waals surface area contributed by atoms with E-state index < -0.39 is 17.7 Å². The zero-order chi connectivity index (χ0) is 18.9. The molecule has 0 unspecified atom stereocenters. The molecule has 0 saturated heterocycles. The standard InChI is InChI=1S/C19H20FNO5/c1-25-16-5-2-4-15(18(16)20)19(24)21-12-13-7-9-14(10-8-13)26-11-3-6-17(22)23/h2,4-5,7-10H,3,6,11-12H2,1H3,(H,21,24)(H,22,23). The molecule has 2 N–H and O–H groups in total. The number of methoxy groups -OCH3 is 1. The summed E-state index contributed by atoms with van der Waals surface area (Å²) in [5.41, 5.74) is 0.738. The number of amides is 1. The van der Waals surface area contributed by atoms with E-state index in [9.17, 15) is 14.0 Å². The number of carboxylic acids is 1. The molecule has 0 fully saturated rings. The van der Waals surface area contributed by atoms with E-state index in [-0.39, 0.29) is 24.3 Å². The van der Waals surface area contributed by atoms with Gasteiger partial charge < -0.3 is 19.9 Å². The van der Waals surface area contributed by atoms with Crippen LogP contribution in [0.3, 0.4) is 0 Å². The number of aliphatic carboxylic acids is 1. The molecule has 6 nitrogen and oxygen atoms in total. The maximum Gasteiger partial charge on any atom is 0.303 e. The van der Waals surface area contributed by atoms with Crippen LogP contribution >= 0.6 is 0 Å². The van der Waals surface area contributed by atoms with E-state index in [4.69, 9.17) is 14.6 Å². The molecule has 7 heteroatoms. The quantitative estimate of drug-likeness (QED) is 0.671. The molecule has 0 aliphatic carbocycles. The monoisotopic (exact) mass is 361 g/mol. The number of ether oxygens (including phenoxy) is 2. The Morgan fingerprint density at radius 1 is 1.15 bits per heavy atom. The minimum atomic E-state index is -0.854. The Labute approximate surface area is 150 Å². The second-order valence-electron chi connectivity index (χ2n) is 5.49. The molecule has 1 amide bonds. The second kappa shape index (κ2) is 9.41. The molecule has 0 spiro atoms. The molecular formula is C19H20FNO5. The van der Waals surface area contributed by atoms with Crippen LogP contribution in [-0.2, 0) is 11.3 Å². The Morgan fingerprint density at radius 3 is 2.54 bits per heavy atom. The summed E-state index contributed by atoms with van der Waals surface area (Å²) in [5, 5.41) is 11.2. The van der Waals surface area contributed by atoms with E-state index >= 15 is 0 Å². The van der Waals surface area contributed by atoms with Crippen LogP contribution in [0.1, 0.15) is 28.8 Å². The number of halogens is 1. The van der Waals surface area contributed by atoms with E-state index in [1.165, 1.54) is 19.2 Å². The molecule has 2 aromatic carbocycles. The van der Waals surface area contributed by atoms with Crippen LogP contribution < -0.4 is 14.8 Å². The molecule has 0 aliphatic rings. The molecule has 0 bridgehead atoms. The summed E-state index contributed by atoms with van der Waals surface area (Å²) < 4.78 is 24.4. The first-order valence-corrected chi connectivity index (χ1v) is 8.05. The fraction of sp³-hybridized carbons (Fsp3) is 0.263. The number of hydrogen-bond donors (Lipinski definition) is 2. The summed E-state index contributed by atoms with van der Waals surface area (Å²) in [5.74, 6) is -1.45. The Hall–Kier alpha value is -3.09. The van der Waals surface area contributed by atoms with Gasteiger partial charge in [-0.25, -0.2) is 4.39 Å². The second-order valence-corrected chi connectivity index (χ2v) is 5.49. The van der Waals surface area contributed by atoms with Crippen LogP contribution in [-0.4, -0.2) is 30.7 Å². The minimum absolute atomic E-state index is 0.0158. The van der Waals surface area contributed by atoms with Gasteiger partial charge in [0, 0.05) is 13.0 Å². The van der Waals surface area contributed by atoms with Crippen molar-refractivity contribution >= 4 is 11.9 Å². The molecule has 0 aliphatic heterocycles. The number of nitrogens with one attached hydrogen (secondary N) is 1. The van der Waals surface area contributed by atoms with E-state index in [0.29, 0.717) is 18.8 Å². The molecular weight excluding hydrogens is 341 g/mol. The van der Waals surface area contributed by atoms with Crippen LogP contribution in [0.25, 0.3) is 0 Å². The zero-order valence-electron chi connectivity index (χ0n) is 14.3. The van der Waals surface area contributed by atoms with Gasteiger partial charge in [-0.05, 0) is 36.2 Å². The van der Waals surface area contributed by atoms with Gasteiger partial charge in [0.1, 0.15) is 5.75 Å². The van der Waals surface area contributed by atoms with Gasteiger partial charge in [-0.15, -0.1) is 0 Å². The van der Waals surface area contributed by atoms with Gasteiger partial charge in [0.05, 0.1) is 19.3 Å². The highest BCUT2D eigenvalue weighted by molar-refractivity contribution is 5.94. The Balaban J connectivity index is 1.86. The maximum atomic E-state index is 14.1. The number of hydrogen-bond acceptors (Lipinski definition) is 4. The lowest BCUT2D eigenvalue weighted by atomic mass is 10.1. The number of benzene rings is 2. The number of rotatable bonds is 9. The molecule has 138 valence electrons. The topological polar surface area (TPSA) is 84.9 Å². The summed E-state index contributed by atoms with van der Waals surface area (Å²) in [7, 11) is 1.34. The zero-order valence-corrected chi connectivity index (χ0v) is 14.3. The van der Waals surface area contributed by atoms with Crippen molar-refractivity contribution in [2.24, 2.45) is 0 Å². The Bertz CT molecular complexity index is 761. The van der Waals surface area contributed by atoms with Crippen LogP contribution in [0.5, 0.6) is 11.5 Å². The largest absolute Gasteiger partial charge is 0.494 e. The molecule has 2 rings (SSSR count). The smallest absolute Gasteiger partial charge is 0.303 e. The summed E-state index contributed by atoms with van der Waals surface area (Å²) in [6.07, 6.45) is 0.490. The lowest BCUT2D eigenvalue weighted by Crippen LogP contribution is -2.24. The van der Waals surface area contributed by atoms with Crippen molar-refractivity contribution < 1.29 is 28.6 Å². The van der Waals surface area contributed by atoms with Crippen molar-refractivity contribution in [2.45, 2.75) is 19.4 Å². The fourth-order valence-corrected chi connectivity index (χ4v) is 2.24. The van der Waals surface area contributed by atoms with Gasteiger partial charge in [-0.2, -0.15) is 0 Å². The predicted molar refractivity (Wildman–Crippen MR) is 92.9 cm³/mol. The van der Waals surface area contributed by atoms with Gasteiger partial charge in [0.15, 0.2) is 11.6 Å². The molecule has 26 heavy (non-hydrogen) atoms. The molecule has 0 aromatic heterocycles. The highest BCUT2D eigenvalue weighted by atomic mass is 19.1.